The quantitative estimate of drug-likeness (QED) is 0.594. The minimum absolute atomic E-state index is 0.240. The third-order valence-corrected chi connectivity index (χ3v) is 5.16. The van der Waals surface area contributed by atoms with Crippen molar-refractivity contribution in [3.05, 3.63) is 48.5 Å². The van der Waals surface area contributed by atoms with Crippen LogP contribution >= 0.6 is 23.4 Å². The van der Waals surface area contributed by atoms with Crippen LogP contribution in [0.5, 0.6) is 0 Å². The van der Waals surface area contributed by atoms with Crippen molar-refractivity contribution < 1.29 is 0 Å². The molecule has 1 aromatic carbocycles. The summed E-state index contributed by atoms with van der Waals surface area (Å²) in [5, 5.41) is 1.56. The Balaban J connectivity index is 1.73. The van der Waals surface area contributed by atoms with E-state index in [4.69, 9.17) is 11.6 Å². The zero-order valence-electron chi connectivity index (χ0n) is 11.2. The van der Waals surface area contributed by atoms with E-state index < -0.39 is 0 Å². The van der Waals surface area contributed by atoms with E-state index in [0.29, 0.717) is 0 Å². The molecule has 0 unspecified atom stereocenters. The molecule has 3 rings (SSSR count). The molecule has 4 heteroatoms. The highest BCUT2D eigenvalue weighted by atomic mass is 35.5. The Morgan fingerprint density at radius 1 is 1.20 bits per heavy atom. The lowest BCUT2D eigenvalue weighted by atomic mass is 9.72. The summed E-state index contributed by atoms with van der Waals surface area (Å²) in [5.41, 5.74) is 2.24. The molecule has 1 saturated carbocycles. The minimum Gasteiger partial charge on any atom is -0.231 e. The van der Waals surface area contributed by atoms with Gasteiger partial charge in [0.05, 0.1) is 5.69 Å². The summed E-state index contributed by atoms with van der Waals surface area (Å²) in [6.07, 6.45) is 5.55. The first-order valence-electron chi connectivity index (χ1n) is 6.72. The van der Waals surface area contributed by atoms with E-state index in [2.05, 4.69) is 16.9 Å². The Hall–Kier alpha value is -1.06. The minimum atomic E-state index is 0.240. The maximum Gasteiger partial charge on any atom is 0.188 e. The van der Waals surface area contributed by atoms with Gasteiger partial charge in [0.1, 0.15) is 0 Å². The van der Waals surface area contributed by atoms with Crippen LogP contribution in [-0.4, -0.2) is 15.7 Å². The molecule has 1 fully saturated rings. The van der Waals surface area contributed by atoms with E-state index in [9.17, 15) is 0 Å². The molecule has 1 aliphatic rings. The zero-order valence-corrected chi connectivity index (χ0v) is 12.8. The fraction of sp³-hybridized carbons (Fsp3) is 0.312. The highest BCUT2D eigenvalue weighted by Crippen LogP contribution is 2.43. The highest BCUT2D eigenvalue weighted by molar-refractivity contribution is 7.99. The third kappa shape index (κ3) is 3.15. The van der Waals surface area contributed by atoms with Gasteiger partial charge < -0.3 is 0 Å². The lowest BCUT2D eigenvalue weighted by molar-refractivity contribution is 0.237. The van der Waals surface area contributed by atoms with Gasteiger partial charge in [0.15, 0.2) is 5.16 Å². The van der Waals surface area contributed by atoms with Crippen LogP contribution in [0, 0.1) is 12.3 Å². The van der Waals surface area contributed by atoms with Crippen LogP contribution < -0.4 is 0 Å². The third-order valence-electron chi connectivity index (χ3n) is 3.70. The maximum atomic E-state index is 5.91. The molecule has 1 aliphatic carbocycles. The van der Waals surface area contributed by atoms with Gasteiger partial charge in [-0.3, -0.25) is 0 Å². The van der Waals surface area contributed by atoms with Crippen molar-refractivity contribution in [2.24, 2.45) is 5.41 Å². The summed E-state index contributed by atoms with van der Waals surface area (Å²) < 4.78 is 0. The van der Waals surface area contributed by atoms with Crippen molar-refractivity contribution in [1.82, 2.24) is 9.97 Å². The van der Waals surface area contributed by atoms with Gasteiger partial charge in [-0.25, -0.2) is 9.97 Å². The molecule has 0 aliphatic heterocycles. The van der Waals surface area contributed by atoms with Crippen LogP contribution in [0.1, 0.15) is 19.3 Å². The smallest absolute Gasteiger partial charge is 0.188 e. The highest BCUT2D eigenvalue weighted by Gasteiger charge is 2.32. The summed E-state index contributed by atoms with van der Waals surface area (Å²) >= 11 is 7.61. The molecule has 0 atom stereocenters. The molecule has 1 aromatic heterocycles. The van der Waals surface area contributed by atoms with Crippen molar-refractivity contribution in [2.75, 3.05) is 5.75 Å². The van der Waals surface area contributed by atoms with Gasteiger partial charge in [-0.1, -0.05) is 41.9 Å². The molecule has 0 N–H and O–H groups in total. The van der Waals surface area contributed by atoms with Gasteiger partial charge in [0.25, 0.3) is 0 Å². The van der Waals surface area contributed by atoms with E-state index in [1.54, 1.807) is 11.8 Å². The molecule has 1 radical (unpaired) electrons. The number of nitrogens with zero attached hydrogens (tertiary/aromatic N) is 2. The molecule has 1 heterocycles. The van der Waals surface area contributed by atoms with E-state index >= 15 is 0 Å². The largest absolute Gasteiger partial charge is 0.231 e. The normalized spacial score (nSPS) is 16.7. The van der Waals surface area contributed by atoms with Crippen molar-refractivity contribution in [3.63, 3.8) is 0 Å². The SMILES string of the molecule is [CH2]C1(CSc2nccc(-c3ccc(Cl)cc3)n2)CCC1. The lowest BCUT2D eigenvalue weighted by Crippen LogP contribution is -2.28. The lowest BCUT2D eigenvalue weighted by Gasteiger charge is -2.37. The Morgan fingerprint density at radius 3 is 2.60 bits per heavy atom. The van der Waals surface area contributed by atoms with Gasteiger partial charge in [-0.2, -0.15) is 0 Å². The van der Waals surface area contributed by atoms with E-state index in [-0.39, 0.29) is 5.41 Å². The molecule has 2 aromatic rings. The molecule has 0 amide bonds. The average Bonchev–Trinajstić information content (AvgIpc) is 2.44. The molecular weight excluding hydrogens is 288 g/mol. The number of hydrogen-bond acceptors (Lipinski definition) is 3. The van der Waals surface area contributed by atoms with Crippen molar-refractivity contribution in [1.29, 1.82) is 0 Å². The van der Waals surface area contributed by atoms with E-state index in [1.807, 2.05) is 36.5 Å². The van der Waals surface area contributed by atoms with Crippen LogP contribution in [0.3, 0.4) is 0 Å². The van der Waals surface area contributed by atoms with Crippen LogP contribution in [0.25, 0.3) is 11.3 Å². The number of thioether (sulfide) groups is 1. The predicted octanol–water partition coefficient (Wildman–Crippen LogP) is 4.89. The monoisotopic (exact) mass is 303 g/mol. The maximum absolute atomic E-state index is 5.91. The molecule has 2 nitrogen and oxygen atoms in total. The number of hydrogen-bond donors (Lipinski definition) is 0. The molecular formula is C16H16ClN2S. The topological polar surface area (TPSA) is 25.8 Å². The summed E-state index contributed by atoms with van der Waals surface area (Å²) in [5.74, 6) is 0.997. The van der Waals surface area contributed by atoms with Crippen molar-refractivity contribution in [2.45, 2.75) is 24.4 Å². The zero-order chi connectivity index (χ0) is 14.0. The van der Waals surface area contributed by atoms with Gasteiger partial charge in [-0.05, 0) is 43.4 Å². The summed E-state index contributed by atoms with van der Waals surface area (Å²) in [4.78, 5) is 8.96. The van der Waals surface area contributed by atoms with Crippen LogP contribution in [-0.2, 0) is 0 Å². The number of halogens is 1. The molecule has 20 heavy (non-hydrogen) atoms. The fourth-order valence-corrected chi connectivity index (χ4v) is 3.38. The number of benzene rings is 1. The summed E-state index contributed by atoms with van der Waals surface area (Å²) in [7, 11) is 0. The molecule has 0 bridgehead atoms. The first-order valence-corrected chi connectivity index (χ1v) is 8.08. The van der Waals surface area contributed by atoms with Gasteiger partial charge in [-0.15, -0.1) is 0 Å². The summed E-state index contributed by atoms with van der Waals surface area (Å²) in [6, 6.07) is 9.65. The van der Waals surface area contributed by atoms with Crippen LogP contribution in [0.15, 0.2) is 41.7 Å². The Labute approximate surface area is 129 Å². The van der Waals surface area contributed by atoms with Gasteiger partial charge in [0, 0.05) is 22.5 Å². The van der Waals surface area contributed by atoms with Crippen LogP contribution in [0.4, 0.5) is 0 Å². The molecule has 103 valence electrons. The second-order valence-electron chi connectivity index (χ2n) is 5.37. The van der Waals surface area contributed by atoms with Crippen molar-refractivity contribution >= 4 is 23.4 Å². The average molecular weight is 304 g/mol. The van der Waals surface area contributed by atoms with Crippen LogP contribution in [0.2, 0.25) is 5.02 Å². The predicted molar refractivity (Wildman–Crippen MR) is 84.8 cm³/mol. The second-order valence-corrected chi connectivity index (χ2v) is 6.75. The van der Waals surface area contributed by atoms with E-state index in [0.717, 1.165) is 27.2 Å². The second kappa shape index (κ2) is 5.74. The Bertz CT molecular complexity index is 594. The first kappa shape index (κ1) is 13.9. The number of aromatic nitrogens is 2. The van der Waals surface area contributed by atoms with E-state index in [1.165, 1.54) is 19.3 Å². The Kier molecular flexibility index (Phi) is 3.99. The fourth-order valence-electron chi connectivity index (χ4n) is 2.23. The number of rotatable bonds is 4. The van der Waals surface area contributed by atoms with Gasteiger partial charge >= 0.3 is 0 Å². The van der Waals surface area contributed by atoms with Crippen molar-refractivity contribution in [3.8, 4) is 11.3 Å². The first-order chi connectivity index (χ1) is 9.65. The van der Waals surface area contributed by atoms with Gasteiger partial charge in [0.2, 0.25) is 0 Å². The molecule has 0 spiro atoms. The summed E-state index contributed by atoms with van der Waals surface area (Å²) in [6.45, 7) is 4.29. The standard InChI is InChI=1S/C16H16ClN2S/c1-16(8-2-9-16)11-20-15-18-10-7-14(19-15)12-3-5-13(17)6-4-12/h3-7,10H,1-2,8-9,11H2. The molecule has 0 saturated heterocycles. The Morgan fingerprint density at radius 2 is 1.95 bits per heavy atom.